The summed E-state index contributed by atoms with van der Waals surface area (Å²) in [5, 5.41) is 9.78. The molecule has 0 aliphatic carbocycles. The van der Waals surface area contributed by atoms with Crippen LogP contribution in [0.3, 0.4) is 0 Å². The van der Waals surface area contributed by atoms with Crippen LogP contribution in [-0.4, -0.2) is 80.1 Å². The molecule has 4 rings (SSSR count). The van der Waals surface area contributed by atoms with E-state index in [1.54, 1.807) is 23.5 Å². The molecule has 1 aromatic heterocycles. The zero-order chi connectivity index (χ0) is 25.0. The highest BCUT2D eigenvalue weighted by atomic mass is 32.2. The van der Waals surface area contributed by atoms with Crippen molar-refractivity contribution in [3.63, 3.8) is 0 Å². The lowest BCUT2D eigenvalue weighted by Crippen LogP contribution is -2.46. The molecule has 183 valence electrons. The zero-order valence-corrected chi connectivity index (χ0v) is 21.7. The van der Waals surface area contributed by atoms with Crippen LogP contribution in [0, 0.1) is 11.8 Å². The molecule has 0 spiro atoms. The van der Waals surface area contributed by atoms with Gasteiger partial charge in [-0.05, 0) is 35.4 Å². The normalized spacial score (nSPS) is 15.5. The van der Waals surface area contributed by atoms with Gasteiger partial charge in [-0.15, -0.1) is 0 Å². The summed E-state index contributed by atoms with van der Waals surface area (Å²) in [5.41, 5.74) is 4.92. The van der Waals surface area contributed by atoms with Gasteiger partial charge in [-0.25, -0.2) is 13.4 Å². The Morgan fingerprint density at radius 1 is 1.11 bits per heavy atom. The van der Waals surface area contributed by atoms with E-state index >= 15 is 0 Å². The molecule has 0 bridgehead atoms. The molecule has 2 aromatic carbocycles. The van der Waals surface area contributed by atoms with E-state index in [0.29, 0.717) is 17.9 Å². The number of aromatic nitrogens is 2. The summed E-state index contributed by atoms with van der Waals surface area (Å²) >= 11 is 0. The molecule has 0 amide bonds. The molecule has 1 radical (unpaired) electrons. The van der Waals surface area contributed by atoms with Gasteiger partial charge in [0.25, 0.3) is 9.04 Å². The van der Waals surface area contributed by atoms with E-state index in [4.69, 9.17) is 0 Å². The number of imidazole rings is 1. The fourth-order valence-corrected chi connectivity index (χ4v) is 5.62. The molecule has 0 unspecified atom stereocenters. The Morgan fingerprint density at radius 2 is 1.74 bits per heavy atom. The number of aliphatic hydroxyl groups is 1. The average Bonchev–Trinajstić information content (AvgIpc) is 3.29. The molecule has 1 aliphatic rings. The smallest absolute Gasteiger partial charge is 0.283 e. The van der Waals surface area contributed by atoms with Crippen molar-refractivity contribution in [2.75, 3.05) is 38.2 Å². The predicted molar refractivity (Wildman–Crippen MR) is 139 cm³/mol. The Morgan fingerprint density at radius 3 is 2.31 bits per heavy atom. The fourth-order valence-electron chi connectivity index (χ4n) is 4.17. The van der Waals surface area contributed by atoms with Gasteiger partial charge in [0, 0.05) is 49.8 Å². The summed E-state index contributed by atoms with van der Waals surface area (Å²) < 4.78 is 24.4. The first kappa shape index (κ1) is 25.4. The van der Waals surface area contributed by atoms with E-state index < -0.39 is 24.9 Å². The summed E-state index contributed by atoms with van der Waals surface area (Å²) in [6, 6.07) is 16.1. The van der Waals surface area contributed by atoms with Crippen molar-refractivity contribution in [1.82, 2.24) is 14.5 Å². The van der Waals surface area contributed by atoms with Crippen LogP contribution in [0.5, 0.6) is 0 Å². The molecule has 0 saturated carbocycles. The van der Waals surface area contributed by atoms with E-state index in [9.17, 15) is 18.3 Å². The monoisotopic (exact) mass is 508 g/mol. The van der Waals surface area contributed by atoms with Crippen LogP contribution >= 0.6 is 0 Å². The van der Waals surface area contributed by atoms with Crippen molar-refractivity contribution in [3.05, 3.63) is 72.1 Å². The van der Waals surface area contributed by atoms with Gasteiger partial charge < -0.3 is 19.4 Å². The van der Waals surface area contributed by atoms with Crippen LogP contribution in [0.25, 0.3) is 11.1 Å². The number of hydrogen-bond acceptors (Lipinski definition) is 6. The topological polar surface area (TPSA) is 95.7 Å². The molecule has 9 heteroatoms. The van der Waals surface area contributed by atoms with E-state index in [1.807, 2.05) is 24.3 Å². The second kappa shape index (κ2) is 10.9. The van der Waals surface area contributed by atoms with E-state index in [1.165, 1.54) is 11.8 Å². The van der Waals surface area contributed by atoms with Crippen LogP contribution in [0.1, 0.15) is 23.1 Å². The van der Waals surface area contributed by atoms with E-state index in [-0.39, 0.29) is 12.4 Å². The zero-order valence-electron chi connectivity index (χ0n) is 19.9. The van der Waals surface area contributed by atoms with Gasteiger partial charge in [-0.3, -0.25) is 0 Å². The fraction of sp³-hybridized carbons (Fsp3) is 0.346. The number of rotatable bonds is 8. The second-order valence-corrected chi connectivity index (χ2v) is 12.9. The minimum Gasteiger partial charge on any atom is -0.425 e. The predicted octanol–water partition coefficient (Wildman–Crippen LogP) is 1.40. The second-order valence-electron chi connectivity index (χ2n) is 9.00. The van der Waals surface area contributed by atoms with Crippen molar-refractivity contribution in [3.8, 4) is 23.0 Å². The summed E-state index contributed by atoms with van der Waals surface area (Å²) in [7, 11) is -4.65. The van der Waals surface area contributed by atoms with Gasteiger partial charge in [0.05, 0.1) is 12.4 Å². The van der Waals surface area contributed by atoms with Crippen molar-refractivity contribution in [2.24, 2.45) is 0 Å². The third-order valence-electron chi connectivity index (χ3n) is 6.22. The van der Waals surface area contributed by atoms with Gasteiger partial charge in [0.2, 0.25) is 0 Å². The molecule has 1 aliphatic heterocycles. The Labute approximate surface area is 208 Å². The number of benzene rings is 2. The molecule has 35 heavy (non-hydrogen) atoms. The lowest BCUT2D eigenvalue weighted by Gasteiger charge is -2.39. The van der Waals surface area contributed by atoms with Gasteiger partial charge in [0.15, 0.2) is 0 Å². The van der Waals surface area contributed by atoms with E-state index in [0.717, 1.165) is 29.8 Å². The molecule has 2 heterocycles. The first-order valence-electron chi connectivity index (χ1n) is 11.5. The molecular formula is C26H30N3O4SSi. The molecular weight excluding hydrogens is 478 g/mol. The quantitative estimate of drug-likeness (QED) is 0.353. The van der Waals surface area contributed by atoms with Crippen molar-refractivity contribution < 1.29 is 18.3 Å². The first-order chi connectivity index (χ1) is 16.7. The van der Waals surface area contributed by atoms with Crippen molar-refractivity contribution in [1.29, 1.82) is 0 Å². The third kappa shape index (κ3) is 6.48. The maximum atomic E-state index is 11.3. The third-order valence-corrected chi connectivity index (χ3v) is 8.18. The Balaban J connectivity index is 1.37. The maximum absolute atomic E-state index is 11.3. The first-order valence-corrected chi connectivity index (χ1v) is 15.5. The number of sulfone groups is 1. The molecule has 7 nitrogen and oxygen atoms in total. The molecule has 3 aromatic rings. The number of hydrogen-bond donors (Lipinski definition) is 2. The maximum Gasteiger partial charge on any atom is 0.283 e. The van der Waals surface area contributed by atoms with Gasteiger partial charge in [0.1, 0.15) is 21.3 Å². The summed E-state index contributed by atoms with van der Waals surface area (Å²) in [5.74, 6) is 6.87. The highest BCUT2D eigenvalue weighted by Gasteiger charge is 2.28. The van der Waals surface area contributed by atoms with Crippen molar-refractivity contribution in [2.45, 2.75) is 18.5 Å². The van der Waals surface area contributed by atoms with Crippen molar-refractivity contribution >= 4 is 24.3 Å². The SMILES string of the molecule is C[Si](O)c1nccn1[C@@H](C#Cc1ccc(-c2ccc(C3CN(CCS(C)(=O)=O)C3)cc2)cc1)CO. The lowest BCUT2D eigenvalue weighted by molar-refractivity contribution is 0.158. The summed E-state index contributed by atoms with van der Waals surface area (Å²) in [6.45, 7) is 3.98. The largest absolute Gasteiger partial charge is 0.425 e. The van der Waals surface area contributed by atoms with Crippen LogP contribution < -0.4 is 5.45 Å². The van der Waals surface area contributed by atoms with E-state index in [2.05, 4.69) is 46.0 Å². The van der Waals surface area contributed by atoms with Crippen LogP contribution in [-0.2, 0) is 9.84 Å². The minimum absolute atomic E-state index is 0.160. The van der Waals surface area contributed by atoms with Gasteiger partial charge >= 0.3 is 0 Å². The highest BCUT2D eigenvalue weighted by molar-refractivity contribution is 7.90. The van der Waals surface area contributed by atoms with Crippen LogP contribution in [0.15, 0.2) is 60.9 Å². The van der Waals surface area contributed by atoms with Crippen LogP contribution in [0.2, 0.25) is 6.55 Å². The highest BCUT2D eigenvalue weighted by Crippen LogP contribution is 2.29. The van der Waals surface area contributed by atoms with Gasteiger partial charge in [-0.1, -0.05) is 48.2 Å². The molecule has 1 fully saturated rings. The number of aliphatic hydroxyl groups excluding tert-OH is 1. The summed E-state index contributed by atoms with van der Waals surface area (Å²) in [6.07, 6.45) is 4.63. The standard InChI is InChI=1S/C26H30N3O4SSi/c1-34(31,32)16-15-28-17-24(18-28)23-10-8-22(9-11-23)21-6-3-20(4-7-21)5-12-25(19-30)29-14-13-27-26(29)35(2)33/h3-4,6-11,13-14,24-25,30,33H,15-19H2,1-2H3/t25-/m0/s1. The minimum atomic E-state index is -2.91. The molecule has 1 atom stereocenters. The molecule has 2 N–H and O–H groups in total. The number of likely N-dealkylation sites (tertiary alicyclic amines) is 1. The lowest BCUT2D eigenvalue weighted by atomic mass is 9.90. The van der Waals surface area contributed by atoms with Gasteiger partial charge in [-0.2, -0.15) is 0 Å². The van der Waals surface area contributed by atoms with Crippen LogP contribution in [0.4, 0.5) is 0 Å². The molecule has 1 saturated heterocycles. The Hall–Kier alpha value is -2.74. The average molecular weight is 509 g/mol. The number of nitrogens with zero attached hydrogens (tertiary/aromatic N) is 3. The Bertz CT molecular complexity index is 1300. The summed E-state index contributed by atoms with van der Waals surface area (Å²) in [4.78, 5) is 16.3. The Kier molecular flexibility index (Phi) is 7.89.